The number of carboxylic acid groups (broad SMARTS) is 2. The quantitative estimate of drug-likeness (QED) is 0.0462. The standard InChI is InChI=1S/C26H30I2N2O16/c1-29(23(39)19(35)21(37)25(41)42)7-15(33)9-3-17(13(31)5-11(9)27)45-46-18-4-10(12(28)6-14(18)32)16(34)8-30(2)24(40)20(36)22(38)26(43)44/h3-6,9-10,15-16,19-22,33-38H,7-8H2,1-2H3,(H,41,42)(H,43,44)/t9?,10?,15-,16-,19?,20?,21?,22?/m1/s1. The van der Waals surface area contributed by atoms with Crippen LogP contribution in [0.5, 0.6) is 0 Å². The van der Waals surface area contributed by atoms with E-state index in [9.17, 15) is 59.4 Å². The van der Waals surface area contributed by atoms with Gasteiger partial charge in [0.25, 0.3) is 11.8 Å². The van der Waals surface area contributed by atoms with Crippen molar-refractivity contribution in [1.82, 2.24) is 9.80 Å². The maximum absolute atomic E-state index is 12.6. The predicted molar refractivity (Wildman–Crippen MR) is 166 cm³/mol. The van der Waals surface area contributed by atoms with Crippen molar-refractivity contribution in [3.8, 4) is 0 Å². The average Bonchev–Trinajstić information content (AvgIpc) is 2.98. The molecule has 2 aliphatic carbocycles. The van der Waals surface area contributed by atoms with Gasteiger partial charge in [0, 0.05) is 46.2 Å². The number of carbonyl (C=O) groups excluding carboxylic acids is 4. The highest BCUT2D eigenvalue weighted by molar-refractivity contribution is 14.1. The van der Waals surface area contributed by atoms with Gasteiger partial charge < -0.3 is 50.7 Å². The van der Waals surface area contributed by atoms with Gasteiger partial charge in [0.1, 0.15) is 0 Å². The minimum Gasteiger partial charge on any atom is -0.479 e. The normalized spacial score (nSPS) is 22.0. The van der Waals surface area contributed by atoms with Crippen molar-refractivity contribution in [2.75, 3.05) is 27.2 Å². The number of halogens is 2. The Morgan fingerprint density at radius 1 is 0.674 bits per heavy atom. The molecule has 0 aromatic heterocycles. The van der Waals surface area contributed by atoms with Gasteiger partial charge in [0.15, 0.2) is 24.4 Å². The molecule has 0 spiro atoms. The molecule has 20 heteroatoms. The fourth-order valence-corrected chi connectivity index (χ4v) is 5.77. The van der Waals surface area contributed by atoms with Gasteiger partial charge in [0.2, 0.25) is 23.1 Å². The molecule has 0 heterocycles. The smallest absolute Gasteiger partial charge is 0.335 e. The molecule has 0 saturated heterocycles. The number of ketones is 2. The van der Waals surface area contributed by atoms with Crippen LogP contribution in [-0.4, -0.2) is 150 Å². The minimum absolute atomic E-state index is 0.294. The Morgan fingerprint density at radius 2 is 0.978 bits per heavy atom. The van der Waals surface area contributed by atoms with E-state index < -0.39 is 108 Å². The zero-order chi connectivity index (χ0) is 35.2. The van der Waals surface area contributed by atoms with Gasteiger partial charge in [0.05, 0.1) is 12.2 Å². The van der Waals surface area contributed by atoms with Crippen LogP contribution in [0.4, 0.5) is 0 Å². The number of likely N-dealkylation sites (N-methyl/N-ethyl adjacent to an activating group) is 2. The van der Waals surface area contributed by atoms with Crippen molar-refractivity contribution in [3.05, 3.63) is 43.0 Å². The number of aliphatic carboxylic acids is 2. The van der Waals surface area contributed by atoms with Crippen LogP contribution in [0.2, 0.25) is 0 Å². The lowest BCUT2D eigenvalue weighted by atomic mass is 9.95. The Kier molecular flexibility index (Phi) is 14.2. The molecule has 0 radical (unpaired) electrons. The molecule has 0 fully saturated rings. The Labute approximate surface area is 287 Å². The maximum atomic E-state index is 12.6. The Balaban J connectivity index is 2.14. The molecule has 0 bridgehead atoms. The summed E-state index contributed by atoms with van der Waals surface area (Å²) in [6.07, 6.45) is -7.88. The molecule has 0 aromatic rings. The number of carbonyl (C=O) groups is 6. The van der Waals surface area contributed by atoms with Crippen LogP contribution in [0, 0.1) is 11.8 Å². The van der Waals surface area contributed by atoms with E-state index in [1.165, 1.54) is 0 Å². The summed E-state index contributed by atoms with van der Waals surface area (Å²) in [6.45, 7) is -0.969. The number of amides is 2. The van der Waals surface area contributed by atoms with E-state index in [1.54, 1.807) is 45.2 Å². The molecule has 0 saturated carbocycles. The largest absolute Gasteiger partial charge is 0.479 e. The lowest BCUT2D eigenvalue weighted by Crippen LogP contribution is -2.49. The lowest BCUT2D eigenvalue weighted by molar-refractivity contribution is -0.226. The fraction of sp³-hybridized carbons (Fsp3) is 0.462. The van der Waals surface area contributed by atoms with E-state index in [4.69, 9.17) is 20.0 Å². The molecule has 2 aliphatic rings. The van der Waals surface area contributed by atoms with Gasteiger partial charge in [-0.05, 0) is 69.5 Å². The number of hydrogen-bond donors (Lipinski definition) is 8. The third-order valence-electron chi connectivity index (χ3n) is 6.66. The third-order valence-corrected chi connectivity index (χ3v) is 8.72. The van der Waals surface area contributed by atoms with Crippen LogP contribution >= 0.6 is 45.2 Å². The molecule has 2 amide bonds. The first kappa shape index (κ1) is 39.2. The second kappa shape index (κ2) is 16.7. The zero-order valence-electron chi connectivity index (χ0n) is 23.8. The fourth-order valence-electron chi connectivity index (χ4n) is 4.01. The number of allylic oxidation sites excluding steroid dienone is 2. The van der Waals surface area contributed by atoms with Gasteiger partial charge in [-0.3, -0.25) is 29.0 Å². The summed E-state index contributed by atoms with van der Waals surface area (Å²) in [5, 5.41) is 77.4. The van der Waals surface area contributed by atoms with Gasteiger partial charge in [-0.2, -0.15) is 0 Å². The van der Waals surface area contributed by atoms with E-state index in [2.05, 4.69) is 0 Å². The topological polar surface area (TPSA) is 289 Å². The molecule has 46 heavy (non-hydrogen) atoms. The highest BCUT2D eigenvalue weighted by atomic mass is 127. The highest BCUT2D eigenvalue weighted by Gasteiger charge is 2.37. The Bertz CT molecular complexity index is 1280. The minimum atomic E-state index is -2.40. The van der Waals surface area contributed by atoms with E-state index in [0.29, 0.717) is 7.16 Å². The molecule has 254 valence electrons. The van der Waals surface area contributed by atoms with Crippen molar-refractivity contribution in [2.24, 2.45) is 11.8 Å². The molecular formula is C26H30I2N2O16. The van der Waals surface area contributed by atoms with Crippen molar-refractivity contribution >= 4 is 80.5 Å². The summed E-state index contributed by atoms with van der Waals surface area (Å²) in [6, 6.07) is 0. The Hall–Kier alpha value is -3.00. The number of hydrogen-bond acceptors (Lipinski definition) is 14. The first-order valence-electron chi connectivity index (χ1n) is 12.9. The molecule has 6 unspecified atom stereocenters. The van der Waals surface area contributed by atoms with E-state index in [-0.39, 0.29) is 0 Å². The van der Waals surface area contributed by atoms with Crippen molar-refractivity contribution in [2.45, 2.75) is 36.6 Å². The van der Waals surface area contributed by atoms with E-state index >= 15 is 0 Å². The van der Waals surface area contributed by atoms with Gasteiger partial charge in [-0.25, -0.2) is 9.59 Å². The van der Waals surface area contributed by atoms with Crippen LogP contribution < -0.4 is 0 Å². The monoisotopic (exact) mass is 880 g/mol. The summed E-state index contributed by atoms with van der Waals surface area (Å²) in [4.78, 5) is 83.1. The summed E-state index contributed by atoms with van der Waals surface area (Å²) >= 11 is 3.50. The van der Waals surface area contributed by atoms with Crippen LogP contribution in [-0.2, 0) is 38.5 Å². The SMILES string of the molecule is CN(C[C@@H](O)C1C=C(OOC2=CC([C@H](O)CN(C)C(=O)C(O)C(O)C(=O)O)C(I)=CC2=O)C(=O)C=C1I)C(=O)C(O)C(O)C(=O)O. The number of carboxylic acids is 2. The van der Waals surface area contributed by atoms with Gasteiger partial charge >= 0.3 is 11.9 Å². The van der Waals surface area contributed by atoms with E-state index in [0.717, 1.165) is 48.2 Å². The van der Waals surface area contributed by atoms with Crippen molar-refractivity contribution in [1.29, 1.82) is 0 Å². The van der Waals surface area contributed by atoms with Crippen LogP contribution in [0.1, 0.15) is 0 Å². The summed E-state index contributed by atoms with van der Waals surface area (Å²) in [5.74, 6) is -10.5. The highest BCUT2D eigenvalue weighted by Crippen LogP contribution is 2.33. The second-order valence-electron chi connectivity index (χ2n) is 10.1. The maximum Gasteiger partial charge on any atom is 0.335 e. The number of aliphatic hydroxyl groups is 6. The second-order valence-corrected chi connectivity index (χ2v) is 12.6. The van der Waals surface area contributed by atoms with E-state index in [1.807, 2.05) is 0 Å². The number of rotatable bonds is 15. The van der Waals surface area contributed by atoms with Crippen LogP contribution in [0.25, 0.3) is 0 Å². The first-order valence-corrected chi connectivity index (χ1v) is 15.1. The molecule has 8 N–H and O–H groups in total. The molecule has 18 nitrogen and oxygen atoms in total. The lowest BCUT2D eigenvalue weighted by Gasteiger charge is -2.29. The van der Waals surface area contributed by atoms with Crippen molar-refractivity contribution in [3.63, 3.8) is 0 Å². The molecular weight excluding hydrogens is 850 g/mol. The Morgan fingerprint density at radius 3 is 1.26 bits per heavy atom. The van der Waals surface area contributed by atoms with Gasteiger partial charge in [-0.15, -0.1) is 0 Å². The number of nitrogens with zero attached hydrogens (tertiary/aromatic N) is 2. The van der Waals surface area contributed by atoms with Gasteiger partial charge in [-0.1, -0.05) is 0 Å². The molecule has 0 aliphatic heterocycles. The molecule has 2 rings (SSSR count). The van der Waals surface area contributed by atoms with Crippen LogP contribution in [0.3, 0.4) is 0 Å². The molecule has 0 aromatic carbocycles. The summed E-state index contributed by atoms with van der Waals surface area (Å²) in [7, 11) is 2.27. The van der Waals surface area contributed by atoms with Crippen LogP contribution in [0.15, 0.2) is 43.0 Å². The average molecular weight is 880 g/mol. The van der Waals surface area contributed by atoms with Crippen molar-refractivity contribution < 1.29 is 79.4 Å². The summed E-state index contributed by atoms with van der Waals surface area (Å²) in [5.41, 5.74) is 0. The predicted octanol–water partition coefficient (Wildman–Crippen LogP) is -3.01. The number of aliphatic hydroxyl groups excluding tert-OH is 6. The first-order chi connectivity index (χ1) is 21.3. The molecule has 8 atom stereocenters. The zero-order valence-corrected chi connectivity index (χ0v) is 28.2. The third kappa shape index (κ3) is 9.76. The summed E-state index contributed by atoms with van der Waals surface area (Å²) < 4.78 is 0.588.